The molecule has 2 atom stereocenters. The van der Waals surface area contributed by atoms with E-state index in [1.807, 2.05) is 6.92 Å². The molecule has 1 fully saturated rings. The lowest BCUT2D eigenvalue weighted by Gasteiger charge is -2.32. The average molecular weight is 265 g/mol. The van der Waals surface area contributed by atoms with Gasteiger partial charge in [-0.15, -0.1) is 0 Å². The van der Waals surface area contributed by atoms with Crippen LogP contribution < -0.4 is 10.5 Å². The third kappa shape index (κ3) is 3.56. The topological polar surface area (TPSA) is 58.4 Å². The van der Waals surface area contributed by atoms with Crippen molar-refractivity contribution in [3.63, 3.8) is 0 Å². The van der Waals surface area contributed by atoms with Crippen LogP contribution in [0.25, 0.3) is 0 Å². The first-order valence-electron chi connectivity index (χ1n) is 7.03. The molecule has 2 rings (SSSR count). The molecule has 106 valence electrons. The molecular formula is C14H23N3O2. The monoisotopic (exact) mass is 265 g/mol. The quantitative estimate of drug-likeness (QED) is 0.886. The van der Waals surface area contributed by atoms with Gasteiger partial charge in [0.25, 0.3) is 5.56 Å². The highest BCUT2D eigenvalue weighted by Crippen LogP contribution is 2.20. The number of piperidine rings is 1. The molecule has 19 heavy (non-hydrogen) atoms. The number of aliphatic hydroxyl groups is 1. The Balaban J connectivity index is 2.12. The van der Waals surface area contributed by atoms with Gasteiger partial charge in [-0.05, 0) is 24.7 Å². The van der Waals surface area contributed by atoms with Gasteiger partial charge in [-0.3, -0.25) is 4.79 Å². The van der Waals surface area contributed by atoms with Crippen LogP contribution in [0.1, 0.15) is 26.7 Å². The van der Waals surface area contributed by atoms with E-state index in [1.54, 1.807) is 12.3 Å². The Morgan fingerprint density at radius 1 is 1.58 bits per heavy atom. The molecule has 0 bridgehead atoms. The summed E-state index contributed by atoms with van der Waals surface area (Å²) in [5.74, 6) is 0.719. The van der Waals surface area contributed by atoms with E-state index < -0.39 is 0 Å². The van der Waals surface area contributed by atoms with Crippen LogP contribution in [0.4, 0.5) is 5.69 Å². The summed E-state index contributed by atoms with van der Waals surface area (Å²) in [6, 6.07) is 1.66. The highest BCUT2D eigenvalue weighted by molar-refractivity contribution is 5.43. The molecule has 2 heterocycles. The van der Waals surface area contributed by atoms with Crippen molar-refractivity contribution in [3.05, 3.63) is 22.6 Å². The molecule has 0 amide bonds. The van der Waals surface area contributed by atoms with Crippen LogP contribution in [0.2, 0.25) is 0 Å². The maximum Gasteiger partial charge on any atom is 0.268 e. The fourth-order valence-electron chi connectivity index (χ4n) is 2.51. The van der Waals surface area contributed by atoms with Gasteiger partial charge in [0.05, 0.1) is 11.9 Å². The van der Waals surface area contributed by atoms with Crippen LogP contribution in [-0.4, -0.2) is 34.6 Å². The summed E-state index contributed by atoms with van der Waals surface area (Å²) in [5.41, 5.74) is 0.834. The molecule has 1 N–H and O–H groups in total. The van der Waals surface area contributed by atoms with Crippen LogP contribution in [0.3, 0.4) is 0 Å². The van der Waals surface area contributed by atoms with Crippen LogP contribution in [0.15, 0.2) is 17.1 Å². The van der Waals surface area contributed by atoms with E-state index in [-0.39, 0.29) is 18.1 Å². The first-order chi connectivity index (χ1) is 9.10. The van der Waals surface area contributed by atoms with Crippen molar-refractivity contribution in [2.75, 3.05) is 24.6 Å². The molecule has 5 heteroatoms. The van der Waals surface area contributed by atoms with Gasteiger partial charge in [0.2, 0.25) is 0 Å². The minimum atomic E-state index is -0.0870. The van der Waals surface area contributed by atoms with Gasteiger partial charge in [0.15, 0.2) is 0 Å². The lowest BCUT2D eigenvalue weighted by molar-refractivity contribution is 0.217. The molecule has 1 saturated heterocycles. The molecule has 2 unspecified atom stereocenters. The van der Waals surface area contributed by atoms with E-state index >= 15 is 0 Å². The maximum absolute atomic E-state index is 12.0. The maximum atomic E-state index is 12.0. The van der Waals surface area contributed by atoms with E-state index in [0.717, 1.165) is 18.8 Å². The third-order valence-electron chi connectivity index (χ3n) is 3.67. The number of nitrogens with zero attached hydrogens (tertiary/aromatic N) is 3. The second-order valence-electron chi connectivity index (χ2n) is 5.72. The van der Waals surface area contributed by atoms with Gasteiger partial charge >= 0.3 is 0 Å². The normalized spacial score (nSPS) is 21.4. The zero-order valence-corrected chi connectivity index (χ0v) is 11.7. The standard InChI is InChI=1S/C14H23N3O2/c1-11-4-3-5-16(8-11)13-6-14(19)17(15-7-13)9-12(2)10-18/h6-7,11-12,18H,3-5,8-10H2,1-2H3. The van der Waals surface area contributed by atoms with Crippen LogP contribution >= 0.6 is 0 Å². The lowest BCUT2D eigenvalue weighted by atomic mass is 10.00. The Morgan fingerprint density at radius 2 is 2.37 bits per heavy atom. The molecule has 5 nitrogen and oxygen atoms in total. The van der Waals surface area contributed by atoms with Crippen LogP contribution in [0.5, 0.6) is 0 Å². The predicted molar refractivity (Wildman–Crippen MR) is 75.4 cm³/mol. The van der Waals surface area contributed by atoms with E-state index in [9.17, 15) is 4.79 Å². The number of hydrogen-bond acceptors (Lipinski definition) is 4. The van der Waals surface area contributed by atoms with Gasteiger partial charge in [0.1, 0.15) is 0 Å². The second kappa shape index (κ2) is 6.19. The van der Waals surface area contributed by atoms with Crippen LogP contribution in [0, 0.1) is 11.8 Å². The van der Waals surface area contributed by atoms with Crippen molar-refractivity contribution in [1.29, 1.82) is 0 Å². The smallest absolute Gasteiger partial charge is 0.268 e. The molecular weight excluding hydrogens is 242 g/mol. The van der Waals surface area contributed by atoms with Gasteiger partial charge in [0, 0.05) is 32.3 Å². The first-order valence-corrected chi connectivity index (χ1v) is 7.03. The zero-order chi connectivity index (χ0) is 13.8. The van der Waals surface area contributed by atoms with Crippen molar-refractivity contribution in [3.8, 4) is 0 Å². The molecule has 0 spiro atoms. The minimum absolute atomic E-state index is 0.0473. The summed E-state index contributed by atoms with van der Waals surface area (Å²) < 4.78 is 1.43. The van der Waals surface area contributed by atoms with Crippen molar-refractivity contribution in [2.45, 2.75) is 33.2 Å². The molecule has 1 aromatic rings. The fraction of sp³-hybridized carbons (Fsp3) is 0.714. The minimum Gasteiger partial charge on any atom is -0.396 e. The molecule has 0 radical (unpaired) electrons. The van der Waals surface area contributed by atoms with Gasteiger partial charge in [-0.25, -0.2) is 4.68 Å². The zero-order valence-electron chi connectivity index (χ0n) is 11.7. The number of rotatable bonds is 4. The van der Waals surface area contributed by atoms with Gasteiger partial charge in [-0.1, -0.05) is 13.8 Å². The number of hydrogen-bond donors (Lipinski definition) is 1. The van der Waals surface area contributed by atoms with Crippen molar-refractivity contribution in [2.24, 2.45) is 11.8 Å². The molecule has 1 aliphatic heterocycles. The summed E-state index contributed by atoms with van der Waals surface area (Å²) in [6.07, 6.45) is 4.20. The number of aromatic nitrogens is 2. The highest BCUT2D eigenvalue weighted by Gasteiger charge is 2.17. The molecule has 0 saturated carbocycles. The fourth-order valence-corrected chi connectivity index (χ4v) is 2.51. The van der Waals surface area contributed by atoms with Gasteiger partial charge < -0.3 is 10.0 Å². The van der Waals surface area contributed by atoms with E-state index in [1.165, 1.54) is 17.5 Å². The third-order valence-corrected chi connectivity index (χ3v) is 3.67. The summed E-state index contributed by atoms with van der Waals surface area (Å²) >= 11 is 0. The summed E-state index contributed by atoms with van der Waals surface area (Å²) in [5, 5.41) is 13.2. The Kier molecular flexibility index (Phi) is 4.58. The molecule has 0 aromatic carbocycles. The average Bonchev–Trinajstić information content (AvgIpc) is 2.41. The number of aliphatic hydroxyl groups excluding tert-OH is 1. The Hall–Kier alpha value is -1.36. The highest BCUT2D eigenvalue weighted by atomic mass is 16.3. The Labute approximate surface area is 113 Å². The summed E-state index contributed by atoms with van der Waals surface area (Å²) in [4.78, 5) is 14.2. The molecule has 1 aromatic heterocycles. The molecule has 1 aliphatic rings. The largest absolute Gasteiger partial charge is 0.396 e. The SMILES string of the molecule is CC1CCCN(c2cnn(CC(C)CO)c(=O)c2)C1. The molecule has 0 aliphatic carbocycles. The lowest BCUT2D eigenvalue weighted by Crippen LogP contribution is -2.36. The van der Waals surface area contributed by atoms with E-state index in [4.69, 9.17) is 5.11 Å². The van der Waals surface area contributed by atoms with Crippen molar-refractivity contribution < 1.29 is 5.11 Å². The summed E-state index contributed by atoms with van der Waals surface area (Å²) in [7, 11) is 0. The Morgan fingerprint density at radius 3 is 3.00 bits per heavy atom. The first kappa shape index (κ1) is 14.1. The van der Waals surface area contributed by atoms with Crippen LogP contribution in [-0.2, 0) is 6.54 Å². The van der Waals surface area contributed by atoms with E-state index in [2.05, 4.69) is 16.9 Å². The van der Waals surface area contributed by atoms with Gasteiger partial charge in [-0.2, -0.15) is 5.10 Å². The summed E-state index contributed by atoms with van der Waals surface area (Å²) in [6.45, 7) is 6.67. The Bertz CT molecular complexity index is 472. The second-order valence-corrected chi connectivity index (χ2v) is 5.72. The van der Waals surface area contributed by atoms with E-state index in [0.29, 0.717) is 12.5 Å². The van der Waals surface area contributed by atoms with Crippen molar-refractivity contribution >= 4 is 5.69 Å². The predicted octanol–water partition coefficient (Wildman–Crippen LogP) is 1.11. The van der Waals surface area contributed by atoms with Crippen molar-refractivity contribution in [1.82, 2.24) is 9.78 Å². The number of anilines is 1.